The molecule has 23 heavy (non-hydrogen) atoms. The van der Waals surface area contributed by atoms with E-state index in [0.717, 1.165) is 28.0 Å². The van der Waals surface area contributed by atoms with E-state index in [2.05, 4.69) is 35.4 Å². The van der Waals surface area contributed by atoms with Gasteiger partial charge >= 0.3 is 5.97 Å². The summed E-state index contributed by atoms with van der Waals surface area (Å²) in [5.74, 6) is -0.341. The maximum Gasteiger partial charge on any atom is 0.337 e. The summed E-state index contributed by atoms with van der Waals surface area (Å²) in [4.78, 5) is 15.1. The van der Waals surface area contributed by atoms with Crippen molar-refractivity contribution >= 4 is 28.2 Å². The monoisotopic (exact) mass is 307 g/mol. The zero-order chi connectivity index (χ0) is 16.4. The summed E-state index contributed by atoms with van der Waals surface area (Å²) in [5, 5.41) is 4.52. The van der Waals surface area contributed by atoms with Gasteiger partial charge in [0, 0.05) is 24.2 Å². The molecule has 4 heteroatoms. The number of aromatic nitrogens is 1. The number of esters is 1. The Labute approximate surface area is 135 Å². The smallest absolute Gasteiger partial charge is 0.337 e. The highest BCUT2D eigenvalue weighted by Crippen LogP contribution is 2.26. The Balaban J connectivity index is 2.05. The van der Waals surface area contributed by atoms with Crippen LogP contribution in [-0.2, 0) is 4.74 Å². The fourth-order valence-corrected chi connectivity index (χ4v) is 2.69. The van der Waals surface area contributed by atoms with Crippen molar-refractivity contribution in [2.24, 2.45) is 0 Å². The first-order chi connectivity index (χ1) is 11.1. The molecule has 4 nitrogen and oxygen atoms in total. The van der Waals surface area contributed by atoms with E-state index in [4.69, 9.17) is 4.74 Å². The van der Waals surface area contributed by atoms with Crippen LogP contribution in [0.3, 0.4) is 0 Å². The third-order valence-electron chi connectivity index (χ3n) is 3.81. The molecule has 0 aliphatic rings. The fourth-order valence-electron chi connectivity index (χ4n) is 2.69. The Morgan fingerprint density at radius 2 is 1.87 bits per heavy atom. The number of nitrogens with one attached hydrogen (secondary N) is 2. The van der Waals surface area contributed by atoms with E-state index >= 15 is 0 Å². The van der Waals surface area contributed by atoms with Gasteiger partial charge in [-0.1, -0.05) is 18.2 Å². The van der Waals surface area contributed by atoms with Crippen molar-refractivity contribution in [3.63, 3.8) is 0 Å². The van der Waals surface area contributed by atoms with Crippen LogP contribution < -0.4 is 10.3 Å². The van der Waals surface area contributed by atoms with Gasteiger partial charge in [0.2, 0.25) is 5.52 Å². The number of hydrogen-bond acceptors (Lipinski definition) is 3. The minimum absolute atomic E-state index is 0.341. The van der Waals surface area contributed by atoms with Crippen molar-refractivity contribution in [1.29, 1.82) is 0 Å². The zero-order valence-electron chi connectivity index (χ0n) is 13.4. The van der Waals surface area contributed by atoms with Crippen LogP contribution in [0.25, 0.3) is 10.9 Å². The predicted molar refractivity (Wildman–Crippen MR) is 91.0 cm³/mol. The molecule has 0 aliphatic heterocycles. The first-order valence-corrected chi connectivity index (χ1v) is 7.46. The summed E-state index contributed by atoms with van der Waals surface area (Å²) >= 11 is 0. The van der Waals surface area contributed by atoms with Crippen LogP contribution in [0.15, 0.2) is 48.5 Å². The van der Waals surface area contributed by atoms with Crippen molar-refractivity contribution in [1.82, 2.24) is 0 Å². The number of anilines is 2. The van der Waals surface area contributed by atoms with Crippen molar-refractivity contribution in [3.05, 3.63) is 65.4 Å². The number of rotatable bonds is 3. The van der Waals surface area contributed by atoms with E-state index in [9.17, 15) is 4.79 Å². The number of ether oxygens (including phenoxy) is 1. The Bertz CT molecular complexity index is 888. The number of pyridine rings is 1. The largest absolute Gasteiger partial charge is 0.465 e. The second-order valence-corrected chi connectivity index (χ2v) is 5.56. The lowest BCUT2D eigenvalue weighted by atomic mass is 10.1. The Kier molecular flexibility index (Phi) is 3.98. The Hall–Kier alpha value is -2.88. The summed E-state index contributed by atoms with van der Waals surface area (Å²) in [7, 11) is 1.38. The molecule has 0 spiro atoms. The number of aromatic amines is 1. The van der Waals surface area contributed by atoms with Crippen LogP contribution in [0.1, 0.15) is 21.6 Å². The molecule has 116 valence electrons. The number of aryl methyl sites for hydroxylation is 2. The van der Waals surface area contributed by atoms with Gasteiger partial charge in [-0.25, -0.2) is 9.78 Å². The van der Waals surface area contributed by atoms with Crippen LogP contribution in [0.5, 0.6) is 0 Å². The standard InChI is InChI=1S/C19H18N2O2/c1-12-6-4-9-16-17(10-13(2)20-18(12)16)21-15-8-5-7-14(11-15)19(22)23-3/h4-11H,1-3H3,(H,20,21)/p+1. The third-order valence-corrected chi connectivity index (χ3v) is 3.81. The number of carbonyl (C=O) groups is 1. The van der Waals surface area contributed by atoms with E-state index < -0.39 is 0 Å². The van der Waals surface area contributed by atoms with Gasteiger partial charge in [-0.3, -0.25) is 0 Å². The van der Waals surface area contributed by atoms with Crippen LogP contribution in [0.4, 0.5) is 11.4 Å². The molecular weight excluding hydrogens is 288 g/mol. The maximum atomic E-state index is 11.7. The number of para-hydroxylation sites is 1. The molecule has 2 N–H and O–H groups in total. The third kappa shape index (κ3) is 3.01. The van der Waals surface area contributed by atoms with Crippen molar-refractivity contribution in [2.75, 3.05) is 12.4 Å². The quantitative estimate of drug-likeness (QED) is 0.749. The highest BCUT2D eigenvalue weighted by Gasteiger charge is 2.12. The SMILES string of the molecule is COC(=O)c1cccc(Nc2cc(C)[nH+]c3c(C)cccc23)c1. The van der Waals surface area contributed by atoms with Crippen LogP contribution in [-0.4, -0.2) is 13.1 Å². The lowest BCUT2D eigenvalue weighted by molar-refractivity contribution is -0.354. The number of carbonyl (C=O) groups excluding carboxylic acids is 1. The second kappa shape index (κ2) is 6.08. The Morgan fingerprint density at radius 1 is 1.09 bits per heavy atom. The number of fused-ring (bicyclic) bond motifs is 1. The van der Waals surface area contributed by atoms with Crippen LogP contribution >= 0.6 is 0 Å². The maximum absolute atomic E-state index is 11.7. The minimum atomic E-state index is -0.341. The normalized spacial score (nSPS) is 10.6. The lowest BCUT2D eigenvalue weighted by Crippen LogP contribution is -2.11. The van der Waals surface area contributed by atoms with Gasteiger partial charge in [-0.15, -0.1) is 0 Å². The summed E-state index contributed by atoms with van der Waals surface area (Å²) in [6.07, 6.45) is 0. The molecule has 2 aromatic carbocycles. The van der Waals surface area contributed by atoms with Gasteiger partial charge in [0.25, 0.3) is 0 Å². The minimum Gasteiger partial charge on any atom is -0.465 e. The van der Waals surface area contributed by atoms with Gasteiger partial charge < -0.3 is 10.1 Å². The molecule has 0 saturated heterocycles. The summed E-state index contributed by atoms with van der Waals surface area (Å²) < 4.78 is 4.77. The first kappa shape index (κ1) is 15.0. The average molecular weight is 307 g/mol. The highest BCUT2D eigenvalue weighted by atomic mass is 16.5. The van der Waals surface area contributed by atoms with Gasteiger partial charge in [0.1, 0.15) is 0 Å². The molecule has 0 amide bonds. The average Bonchev–Trinajstić information content (AvgIpc) is 2.55. The first-order valence-electron chi connectivity index (χ1n) is 7.46. The van der Waals surface area contributed by atoms with Gasteiger partial charge in [0.05, 0.1) is 23.7 Å². The zero-order valence-corrected chi connectivity index (χ0v) is 13.4. The molecule has 0 aliphatic carbocycles. The van der Waals surface area contributed by atoms with Crippen molar-refractivity contribution < 1.29 is 14.5 Å². The number of methoxy groups -OCH3 is 1. The molecular formula is C19H19N2O2+. The lowest BCUT2D eigenvalue weighted by Gasteiger charge is -2.10. The molecule has 3 rings (SSSR count). The van der Waals surface area contributed by atoms with Crippen LogP contribution in [0, 0.1) is 13.8 Å². The van der Waals surface area contributed by atoms with E-state index in [1.807, 2.05) is 25.1 Å². The molecule has 1 heterocycles. The highest BCUT2D eigenvalue weighted by molar-refractivity contribution is 5.94. The number of hydrogen-bond donors (Lipinski definition) is 1. The number of H-pyrrole nitrogens is 1. The van der Waals surface area contributed by atoms with E-state index in [0.29, 0.717) is 5.56 Å². The molecule has 0 bridgehead atoms. The van der Waals surface area contributed by atoms with E-state index in [1.54, 1.807) is 12.1 Å². The summed E-state index contributed by atoms with van der Waals surface area (Å²) in [6.45, 7) is 4.11. The summed E-state index contributed by atoms with van der Waals surface area (Å²) in [6, 6.07) is 15.6. The molecule has 0 unspecified atom stereocenters. The van der Waals surface area contributed by atoms with Gasteiger partial charge in [0.15, 0.2) is 5.69 Å². The topological polar surface area (TPSA) is 52.5 Å². The molecule has 3 aromatic rings. The fraction of sp³-hybridized carbons (Fsp3) is 0.158. The van der Waals surface area contributed by atoms with Crippen molar-refractivity contribution in [2.45, 2.75) is 13.8 Å². The molecule has 0 fully saturated rings. The number of benzene rings is 2. The van der Waals surface area contributed by atoms with Crippen LogP contribution in [0.2, 0.25) is 0 Å². The van der Waals surface area contributed by atoms with Crippen molar-refractivity contribution in [3.8, 4) is 0 Å². The Morgan fingerprint density at radius 3 is 2.65 bits per heavy atom. The van der Waals surface area contributed by atoms with E-state index in [-0.39, 0.29) is 5.97 Å². The second-order valence-electron chi connectivity index (χ2n) is 5.56. The molecule has 1 aromatic heterocycles. The molecule has 0 saturated carbocycles. The molecule has 0 radical (unpaired) electrons. The molecule has 0 atom stereocenters. The predicted octanol–water partition coefficient (Wildman–Crippen LogP) is 3.80. The summed E-state index contributed by atoms with van der Waals surface area (Å²) in [5.41, 5.74) is 5.75. The van der Waals surface area contributed by atoms with Gasteiger partial charge in [-0.2, -0.15) is 0 Å². The van der Waals surface area contributed by atoms with E-state index in [1.165, 1.54) is 12.7 Å². The van der Waals surface area contributed by atoms with Gasteiger partial charge in [-0.05, 0) is 31.2 Å².